The van der Waals surface area contributed by atoms with Gasteiger partial charge in [-0.1, -0.05) is 35.9 Å². The molecule has 5 heteroatoms. The minimum atomic E-state index is -0.225. The van der Waals surface area contributed by atoms with Crippen molar-refractivity contribution in [3.8, 4) is 5.75 Å². The summed E-state index contributed by atoms with van der Waals surface area (Å²) in [7, 11) is 1.63. The van der Waals surface area contributed by atoms with E-state index in [-0.39, 0.29) is 29.9 Å². The van der Waals surface area contributed by atoms with Gasteiger partial charge in [-0.05, 0) is 47.7 Å². The zero-order valence-corrected chi connectivity index (χ0v) is 15.8. The Bertz CT molecular complexity index is 933. The molecular weight excluding hydrogens is 362 g/mol. The van der Waals surface area contributed by atoms with Crippen molar-refractivity contribution in [3.05, 3.63) is 76.0 Å². The van der Waals surface area contributed by atoms with Gasteiger partial charge in [-0.3, -0.25) is 9.59 Å². The van der Waals surface area contributed by atoms with Gasteiger partial charge in [0.15, 0.2) is 5.78 Å². The van der Waals surface area contributed by atoms with Gasteiger partial charge in [-0.2, -0.15) is 0 Å². The van der Waals surface area contributed by atoms with E-state index in [1.807, 2.05) is 42.5 Å². The van der Waals surface area contributed by atoms with Gasteiger partial charge >= 0.3 is 0 Å². The number of hydrogen-bond donors (Lipinski definition) is 1. The number of hydrogen-bond acceptors (Lipinski definition) is 3. The maximum atomic E-state index is 13.0. The van der Waals surface area contributed by atoms with Crippen molar-refractivity contribution in [2.45, 2.75) is 31.1 Å². The van der Waals surface area contributed by atoms with Crippen LogP contribution >= 0.6 is 11.6 Å². The summed E-state index contributed by atoms with van der Waals surface area (Å²) in [4.78, 5) is 25.4. The number of amides is 1. The van der Waals surface area contributed by atoms with Crippen molar-refractivity contribution in [1.29, 1.82) is 0 Å². The number of ketones is 1. The van der Waals surface area contributed by atoms with Gasteiger partial charge in [0.05, 0.1) is 7.11 Å². The second-order valence-corrected chi connectivity index (χ2v) is 7.49. The Kier molecular flexibility index (Phi) is 4.75. The normalized spacial score (nSPS) is 22.3. The van der Waals surface area contributed by atoms with Crippen molar-refractivity contribution in [3.63, 3.8) is 0 Å². The van der Waals surface area contributed by atoms with E-state index in [1.54, 1.807) is 13.2 Å². The van der Waals surface area contributed by atoms with Gasteiger partial charge in [0.2, 0.25) is 5.91 Å². The fourth-order valence-electron chi connectivity index (χ4n) is 4.08. The van der Waals surface area contributed by atoms with E-state index in [0.29, 0.717) is 17.9 Å². The number of rotatable bonds is 3. The number of carbonyl (C=O) groups is 2. The van der Waals surface area contributed by atoms with Crippen LogP contribution in [0.3, 0.4) is 0 Å². The molecule has 0 bridgehead atoms. The Balaban J connectivity index is 1.68. The van der Waals surface area contributed by atoms with Crippen LogP contribution in [0, 0.1) is 0 Å². The van der Waals surface area contributed by atoms with Gasteiger partial charge in [0.1, 0.15) is 5.75 Å². The van der Waals surface area contributed by atoms with E-state index < -0.39 is 0 Å². The number of allylic oxidation sites excluding steroid dienone is 2. The number of carbonyl (C=O) groups excluding carboxylic acids is 2. The van der Waals surface area contributed by atoms with Gasteiger partial charge < -0.3 is 10.1 Å². The van der Waals surface area contributed by atoms with Crippen LogP contribution in [0.2, 0.25) is 5.02 Å². The molecule has 0 radical (unpaired) electrons. The molecule has 0 aromatic heterocycles. The number of Topliss-reactive ketones (excluding diaryl/α,β-unsaturated/α-hetero) is 1. The number of nitrogens with one attached hydrogen (secondary N) is 1. The molecule has 0 saturated carbocycles. The van der Waals surface area contributed by atoms with E-state index in [4.69, 9.17) is 16.3 Å². The van der Waals surface area contributed by atoms with E-state index >= 15 is 0 Å². The van der Waals surface area contributed by atoms with Crippen LogP contribution in [0.25, 0.3) is 0 Å². The van der Waals surface area contributed by atoms with Gasteiger partial charge in [0.25, 0.3) is 0 Å². The highest BCUT2D eigenvalue weighted by Gasteiger charge is 2.38. The minimum absolute atomic E-state index is 0.0538. The van der Waals surface area contributed by atoms with Gasteiger partial charge in [-0.25, -0.2) is 0 Å². The quantitative estimate of drug-likeness (QED) is 0.859. The van der Waals surface area contributed by atoms with Crippen LogP contribution in [0.4, 0.5) is 0 Å². The van der Waals surface area contributed by atoms with Crippen LogP contribution in [0.15, 0.2) is 59.8 Å². The second kappa shape index (κ2) is 7.20. The number of methoxy groups -OCH3 is 1. The van der Waals surface area contributed by atoms with Crippen LogP contribution in [-0.4, -0.2) is 18.8 Å². The monoisotopic (exact) mass is 381 g/mol. The molecule has 2 aromatic rings. The van der Waals surface area contributed by atoms with E-state index in [9.17, 15) is 9.59 Å². The Morgan fingerprint density at radius 2 is 1.78 bits per heavy atom. The highest BCUT2D eigenvalue weighted by Crippen LogP contribution is 2.43. The van der Waals surface area contributed by atoms with Crippen LogP contribution in [0.1, 0.15) is 42.2 Å². The summed E-state index contributed by atoms with van der Waals surface area (Å²) >= 11 is 6.13. The highest BCUT2D eigenvalue weighted by molar-refractivity contribution is 6.30. The van der Waals surface area contributed by atoms with Crippen LogP contribution < -0.4 is 10.1 Å². The molecule has 0 saturated heterocycles. The zero-order valence-electron chi connectivity index (χ0n) is 15.0. The second-order valence-electron chi connectivity index (χ2n) is 7.05. The van der Waals surface area contributed by atoms with E-state index in [0.717, 1.165) is 28.1 Å². The summed E-state index contributed by atoms with van der Waals surface area (Å²) in [6.45, 7) is 0. The molecule has 0 fully saturated rings. The largest absolute Gasteiger partial charge is 0.497 e. The Labute approximate surface area is 163 Å². The molecule has 4 rings (SSSR count). The fraction of sp³-hybridized carbons (Fsp3) is 0.273. The van der Waals surface area contributed by atoms with E-state index in [1.165, 1.54) is 0 Å². The first-order valence-corrected chi connectivity index (χ1v) is 9.38. The molecule has 2 unspecified atom stereocenters. The summed E-state index contributed by atoms with van der Waals surface area (Å²) in [5.41, 5.74) is 3.49. The smallest absolute Gasteiger partial charge is 0.225 e. The summed E-state index contributed by atoms with van der Waals surface area (Å²) in [5.74, 6) is 0.661. The Morgan fingerprint density at radius 1 is 1.00 bits per heavy atom. The molecule has 2 aromatic carbocycles. The van der Waals surface area contributed by atoms with Gasteiger partial charge in [0, 0.05) is 35.1 Å². The van der Waals surface area contributed by atoms with Crippen molar-refractivity contribution < 1.29 is 14.3 Å². The first-order chi connectivity index (χ1) is 13.0. The molecule has 138 valence electrons. The maximum absolute atomic E-state index is 13.0. The predicted octanol–water partition coefficient (Wildman–Crippen LogP) is 4.35. The third-order valence-electron chi connectivity index (χ3n) is 5.37. The van der Waals surface area contributed by atoms with Crippen molar-refractivity contribution in [2.75, 3.05) is 7.11 Å². The average molecular weight is 382 g/mol. The molecule has 1 amide bonds. The molecule has 1 heterocycles. The minimum Gasteiger partial charge on any atom is -0.497 e. The third kappa shape index (κ3) is 3.50. The topological polar surface area (TPSA) is 55.4 Å². The lowest BCUT2D eigenvalue weighted by Gasteiger charge is -2.34. The standard InChI is InChI=1S/C22H20ClNO3/c1-27-17-7-5-13(6-8-17)15-10-19-22(20(25)11-15)18(12-21(26)24-19)14-3-2-4-16(23)9-14/h2-9,15,18H,10-12H2,1H3,(H,24,26). The van der Waals surface area contributed by atoms with Gasteiger partial charge in [-0.15, -0.1) is 0 Å². The van der Waals surface area contributed by atoms with E-state index in [2.05, 4.69) is 5.32 Å². The average Bonchev–Trinajstić information content (AvgIpc) is 2.67. The molecule has 2 aliphatic rings. The number of benzene rings is 2. The Morgan fingerprint density at radius 3 is 2.48 bits per heavy atom. The fourth-order valence-corrected chi connectivity index (χ4v) is 4.28. The summed E-state index contributed by atoms with van der Waals surface area (Å²) in [6.07, 6.45) is 1.37. The molecule has 27 heavy (non-hydrogen) atoms. The van der Waals surface area contributed by atoms with Crippen molar-refractivity contribution in [1.82, 2.24) is 5.32 Å². The molecule has 1 aliphatic heterocycles. The number of ether oxygens (including phenoxy) is 1. The predicted molar refractivity (Wildman–Crippen MR) is 104 cm³/mol. The number of halogens is 1. The van der Waals surface area contributed by atoms with Crippen LogP contribution in [0.5, 0.6) is 5.75 Å². The Hall–Kier alpha value is -2.59. The molecule has 2 atom stereocenters. The summed E-state index contributed by atoms with van der Waals surface area (Å²) in [5, 5.41) is 3.56. The molecular formula is C22H20ClNO3. The van der Waals surface area contributed by atoms with Crippen LogP contribution in [-0.2, 0) is 9.59 Å². The lowest BCUT2D eigenvalue weighted by molar-refractivity contribution is -0.122. The first-order valence-electron chi connectivity index (χ1n) is 9.00. The SMILES string of the molecule is COc1ccc(C2CC(=O)C3=C(C2)NC(=O)CC3c2cccc(Cl)c2)cc1. The highest BCUT2D eigenvalue weighted by atomic mass is 35.5. The zero-order chi connectivity index (χ0) is 19.0. The third-order valence-corrected chi connectivity index (χ3v) is 5.61. The molecule has 1 aliphatic carbocycles. The van der Waals surface area contributed by atoms with Crippen molar-refractivity contribution >= 4 is 23.3 Å². The maximum Gasteiger partial charge on any atom is 0.225 e. The molecule has 0 spiro atoms. The molecule has 1 N–H and O–H groups in total. The lowest BCUT2D eigenvalue weighted by Crippen LogP contribution is -2.38. The first kappa shape index (κ1) is 17.8. The lowest BCUT2D eigenvalue weighted by atomic mass is 9.73. The molecule has 4 nitrogen and oxygen atoms in total. The van der Waals surface area contributed by atoms with Crippen molar-refractivity contribution in [2.24, 2.45) is 0 Å². The summed E-state index contributed by atoms with van der Waals surface area (Å²) in [6, 6.07) is 15.2. The summed E-state index contributed by atoms with van der Waals surface area (Å²) < 4.78 is 5.21.